The van der Waals surface area contributed by atoms with E-state index in [4.69, 9.17) is 4.74 Å². The first-order valence-corrected chi connectivity index (χ1v) is 10.6. The zero-order chi connectivity index (χ0) is 20.9. The van der Waals surface area contributed by atoms with Crippen molar-refractivity contribution in [3.63, 3.8) is 0 Å². The molecule has 8 nitrogen and oxygen atoms in total. The van der Waals surface area contributed by atoms with Crippen LogP contribution in [-0.2, 0) is 17.9 Å². The number of likely N-dealkylation sites (N-methyl/N-ethyl adjacent to an activating group) is 1. The number of nitrogens with zero attached hydrogens (tertiary/aromatic N) is 4. The number of hydrogen-bond donors (Lipinski definition) is 2. The molecule has 1 fully saturated rings. The van der Waals surface area contributed by atoms with Crippen molar-refractivity contribution in [2.45, 2.75) is 38.4 Å². The van der Waals surface area contributed by atoms with E-state index in [0.29, 0.717) is 19.6 Å². The van der Waals surface area contributed by atoms with Crippen LogP contribution in [0.5, 0.6) is 5.75 Å². The van der Waals surface area contributed by atoms with Crippen molar-refractivity contribution in [2.75, 3.05) is 44.0 Å². The smallest absolute Gasteiger partial charge is 0.242 e. The summed E-state index contributed by atoms with van der Waals surface area (Å²) in [5, 5.41) is 6.89. The van der Waals surface area contributed by atoms with Crippen LogP contribution in [0.1, 0.15) is 30.4 Å². The summed E-state index contributed by atoms with van der Waals surface area (Å²) in [5.74, 6) is 2.60. The molecule has 30 heavy (non-hydrogen) atoms. The molecule has 1 atom stereocenters. The van der Waals surface area contributed by atoms with Crippen LogP contribution in [0.15, 0.2) is 30.6 Å². The van der Waals surface area contributed by atoms with Crippen LogP contribution < -0.4 is 20.3 Å². The average Bonchev–Trinajstić information content (AvgIpc) is 3.11. The Balaban J connectivity index is 1.57. The van der Waals surface area contributed by atoms with E-state index in [2.05, 4.69) is 20.6 Å². The Morgan fingerprint density at radius 1 is 1.17 bits per heavy atom. The summed E-state index contributed by atoms with van der Waals surface area (Å²) in [6, 6.07) is 8.22. The van der Waals surface area contributed by atoms with E-state index in [-0.39, 0.29) is 11.9 Å². The third kappa shape index (κ3) is 4.48. The number of carbonyl (C=O) groups is 1. The highest BCUT2D eigenvalue weighted by Crippen LogP contribution is 2.30. The van der Waals surface area contributed by atoms with Crippen molar-refractivity contribution in [3.05, 3.63) is 41.7 Å². The van der Waals surface area contributed by atoms with Crippen LogP contribution in [-0.4, -0.2) is 60.6 Å². The van der Waals surface area contributed by atoms with Gasteiger partial charge < -0.3 is 25.2 Å². The Hall–Kier alpha value is -2.87. The number of benzene rings is 1. The van der Waals surface area contributed by atoms with Crippen molar-refractivity contribution in [1.82, 2.24) is 20.2 Å². The Bertz CT molecular complexity index is 864. The molecule has 1 amide bonds. The van der Waals surface area contributed by atoms with Gasteiger partial charge in [-0.25, -0.2) is 9.97 Å². The standard InChI is InChI=1S/C22H30N6O2/c1-27-14-20(29)28(17-4-3-10-23-11-9-17)13-19-21(25-15-26-22(19)27)24-12-16-5-7-18(30-2)8-6-16/h5-8,15,17,23H,3-4,9-14H2,1-2H3,(H,24,25,26). The zero-order valence-corrected chi connectivity index (χ0v) is 17.7. The molecule has 0 saturated carbocycles. The van der Waals surface area contributed by atoms with Crippen molar-refractivity contribution < 1.29 is 9.53 Å². The lowest BCUT2D eigenvalue weighted by Crippen LogP contribution is -2.43. The van der Waals surface area contributed by atoms with Gasteiger partial charge in [-0.05, 0) is 50.0 Å². The third-order valence-electron chi connectivity index (χ3n) is 5.91. The highest BCUT2D eigenvalue weighted by molar-refractivity contribution is 5.84. The van der Waals surface area contributed by atoms with Gasteiger partial charge in [0.25, 0.3) is 0 Å². The summed E-state index contributed by atoms with van der Waals surface area (Å²) in [6.45, 7) is 3.48. The van der Waals surface area contributed by atoms with E-state index >= 15 is 0 Å². The minimum atomic E-state index is 0.156. The fourth-order valence-electron chi connectivity index (χ4n) is 4.23. The number of ether oxygens (including phenoxy) is 1. The lowest BCUT2D eigenvalue weighted by atomic mass is 10.1. The minimum Gasteiger partial charge on any atom is -0.497 e. The average molecular weight is 411 g/mol. The van der Waals surface area contributed by atoms with Crippen LogP contribution in [0.4, 0.5) is 11.6 Å². The molecule has 1 saturated heterocycles. The fourth-order valence-corrected chi connectivity index (χ4v) is 4.23. The molecule has 2 aliphatic heterocycles. The predicted molar refractivity (Wildman–Crippen MR) is 117 cm³/mol. The van der Waals surface area contributed by atoms with Crippen LogP contribution in [0.25, 0.3) is 0 Å². The molecule has 3 heterocycles. The first-order chi connectivity index (χ1) is 14.7. The van der Waals surface area contributed by atoms with Gasteiger partial charge >= 0.3 is 0 Å². The Morgan fingerprint density at radius 2 is 2.00 bits per heavy atom. The molecule has 1 aromatic carbocycles. The molecule has 8 heteroatoms. The van der Waals surface area contributed by atoms with Gasteiger partial charge in [-0.2, -0.15) is 0 Å². The number of rotatable bonds is 5. The van der Waals surface area contributed by atoms with Gasteiger partial charge in [0, 0.05) is 19.6 Å². The van der Waals surface area contributed by atoms with Gasteiger partial charge in [-0.15, -0.1) is 0 Å². The lowest BCUT2D eigenvalue weighted by Gasteiger charge is -2.30. The van der Waals surface area contributed by atoms with Crippen LogP contribution in [0.2, 0.25) is 0 Å². The number of amides is 1. The van der Waals surface area contributed by atoms with Crippen LogP contribution in [0.3, 0.4) is 0 Å². The zero-order valence-electron chi connectivity index (χ0n) is 17.7. The molecule has 0 bridgehead atoms. The van der Waals surface area contributed by atoms with Gasteiger partial charge in [0.2, 0.25) is 5.91 Å². The molecule has 0 spiro atoms. The van der Waals surface area contributed by atoms with Crippen molar-refractivity contribution in [1.29, 1.82) is 0 Å². The largest absolute Gasteiger partial charge is 0.497 e. The lowest BCUT2D eigenvalue weighted by molar-refractivity contribution is -0.132. The molecule has 2 aromatic rings. The Morgan fingerprint density at radius 3 is 2.80 bits per heavy atom. The number of hydrogen-bond acceptors (Lipinski definition) is 7. The highest BCUT2D eigenvalue weighted by atomic mass is 16.5. The predicted octanol–water partition coefficient (Wildman–Crippen LogP) is 2.02. The normalized spacial score (nSPS) is 19.7. The van der Waals surface area contributed by atoms with Crippen molar-refractivity contribution in [3.8, 4) is 5.75 Å². The number of anilines is 2. The first kappa shape index (κ1) is 20.4. The molecule has 160 valence electrons. The van der Waals surface area contributed by atoms with E-state index in [1.807, 2.05) is 41.1 Å². The molecular formula is C22H30N6O2. The summed E-state index contributed by atoms with van der Waals surface area (Å²) in [6.07, 6.45) is 4.67. The van der Waals surface area contributed by atoms with Gasteiger partial charge in [0.15, 0.2) is 0 Å². The number of aromatic nitrogens is 2. The number of fused-ring (bicyclic) bond motifs is 1. The van der Waals surface area contributed by atoms with Gasteiger partial charge in [-0.3, -0.25) is 4.79 Å². The third-order valence-corrected chi connectivity index (χ3v) is 5.91. The first-order valence-electron chi connectivity index (χ1n) is 10.6. The molecule has 0 aliphatic carbocycles. The molecule has 1 unspecified atom stereocenters. The second-order valence-corrected chi connectivity index (χ2v) is 7.94. The van der Waals surface area contributed by atoms with E-state index in [1.165, 1.54) is 0 Å². The van der Waals surface area contributed by atoms with E-state index in [9.17, 15) is 4.79 Å². The quantitative estimate of drug-likeness (QED) is 0.780. The maximum atomic E-state index is 13.0. The molecule has 2 N–H and O–H groups in total. The second-order valence-electron chi connectivity index (χ2n) is 7.94. The van der Waals surface area contributed by atoms with Crippen LogP contribution >= 0.6 is 0 Å². The van der Waals surface area contributed by atoms with Gasteiger partial charge in [-0.1, -0.05) is 12.1 Å². The number of methoxy groups -OCH3 is 1. The minimum absolute atomic E-state index is 0.156. The van der Waals surface area contributed by atoms with Crippen molar-refractivity contribution in [2.24, 2.45) is 0 Å². The van der Waals surface area contributed by atoms with Gasteiger partial charge in [0.05, 0.1) is 25.8 Å². The molecule has 1 aromatic heterocycles. The fraction of sp³-hybridized carbons (Fsp3) is 0.500. The maximum Gasteiger partial charge on any atom is 0.242 e. The number of nitrogens with one attached hydrogen (secondary N) is 2. The molecule has 2 aliphatic rings. The SMILES string of the molecule is COc1ccc(CNc2ncnc3c2CN(C2CCCNCC2)C(=O)CN3C)cc1. The summed E-state index contributed by atoms with van der Waals surface area (Å²) in [4.78, 5) is 26.0. The summed E-state index contributed by atoms with van der Waals surface area (Å²) < 4.78 is 5.23. The topological polar surface area (TPSA) is 82.6 Å². The highest BCUT2D eigenvalue weighted by Gasteiger charge is 2.31. The molecule has 0 radical (unpaired) electrons. The summed E-state index contributed by atoms with van der Waals surface area (Å²) in [5.41, 5.74) is 2.12. The Labute approximate surface area is 177 Å². The Kier molecular flexibility index (Phi) is 6.32. The number of carbonyl (C=O) groups excluding carboxylic acids is 1. The van der Waals surface area contributed by atoms with Crippen molar-refractivity contribution >= 4 is 17.5 Å². The van der Waals surface area contributed by atoms with E-state index in [1.54, 1.807) is 13.4 Å². The van der Waals surface area contributed by atoms with Crippen LogP contribution in [0, 0.1) is 0 Å². The summed E-state index contributed by atoms with van der Waals surface area (Å²) in [7, 11) is 3.59. The van der Waals surface area contributed by atoms with E-state index < -0.39 is 0 Å². The molecule has 4 rings (SSSR count). The van der Waals surface area contributed by atoms with E-state index in [0.717, 1.165) is 60.9 Å². The maximum absolute atomic E-state index is 13.0. The van der Waals surface area contributed by atoms with Gasteiger partial charge in [0.1, 0.15) is 23.7 Å². The monoisotopic (exact) mass is 410 g/mol. The molecular weight excluding hydrogens is 380 g/mol. The summed E-state index contributed by atoms with van der Waals surface area (Å²) >= 11 is 0. The second kappa shape index (κ2) is 9.30.